The third-order valence-corrected chi connectivity index (χ3v) is 8.87. The lowest BCUT2D eigenvalue weighted by molar-refractivity contribution is -0.139. The Hall–Kier alpha value is -3.85. The molecule has 1 N–H and O–H groups in total. The molecule has 0 radical (unpaired) electrons. The zero-order chi connectivity index (χ0) is 30.3. The van der Waals surface area contributed by atoms with Crippen LogP contribution in [0.5, 0.6) is 5.75 Å². The second-order valence-corrected chi connectivity index (χ2v) is 12.4. The molecule has 0 unspecified atom stereocenters. The quantitative estimate of drug-likeness (QED) is 0.320. The predicted octanol–water partition coefficient (Wildman–Crippen LogP) is 5.15. The van der Waals surface area contributed by atoms with Crippen molar-refractivity contribution >= 4 is 27.5 Å². The molecule has 3 rings (SSSR count). The van der Waals surface area contributed by atoms with Crippen molar-refractivity contribution in [1.82, 2.24) is 10.2 Å². The normalized spacial score (nSPS) is 12.8. The monoisotopic (exact) mass is 579 g/mol. The topological polar surface area (TPSA) is 96.0 Å². The maximum atomic E-state index is 14.1. The van der Waals surface area contributed by atoms with Gasteiger partial charge in [0, 0.05) is 12.6 Å². The fourth-order valence-corrected chi connectivity index (χ4v) is 5.82. The van der Waals surface area contributed by atoms with Gasteiger partial charge in [-0.3, -0.25) is 13.9 Å². The fourth-order valence-electron chi connectivity index (χ4n) is 4.40. The Bertz CT molecular complexity index is 1470. The Labute approximate surface area is 244 Å². The van der Waals surface area contributed by atoms with E-state index in [0.717, 1.165) is 33.0 Å². The van der Waals surface area contributed by atoms with Gasteiger partial charge in [0.15, 0.2) is 0 Å². The number of amides is 2. The first-order chi connectivity index (χ1) is 19.4. The van der Waals surface area contributed by atoms with Gasteiger partial charge < -0.3 is 15.0 Å². The average molecular weight is 580 g/mol. The summed E-state index contributed by atoms with van der Waals surface area (Å²) in [5.74, 6) is -0.508. The van der Waals surface area contributed by atoms with Crippen LogP contribution in [0.2, 0.25) is 0 Å². The minimum atomic E-state index is -4.19. The van der Waals surface area contributed by atoms with Crippen LogP contribution >= 0.6 is 0 Å². The average Bonchev–Trinajstić information content (AvgIpc) is 2.94. The first-order valence-corrected chi connectivity index (χ1v) is 15.2. The van der Waals surface area contributed by atoms with Gasteiger partial charge in [0.05, 0.1) is 17.7 Å². The lowest BCUT2D eigenvalue weighted by atomic mass is 10.1. The van der Waals surface area contributed by atoms with Crippen LogP contribution in [0.1, 0.15) is 49.4 Å². The molecule has 2 atom stereocenters. The number of hydrogen-bond donors (Lipinski definition) is 1. The summed E-state index contributed by atoms with van der Waals surface area (Å²) in [6.45, 7) is 10.8. The molecule has 0 aliphatic rings. The van der Waals surface area contributed by atoms with Crippen molar-refractivity contribution in [2.75, 3.05) is 18.0 Å². The molecule has 0 aliphatic heterocycles. The highest BCUT2D eigenvalue weighted by atomic mass is 32.2. The van der Waals surface area contributed by atoms with E-state index in [1.54, 1.807) is 31.2 Å². The zero-order valence-corrected chi connectivity index (χ0v) is 25.8. The van der Waals surface area contributed by atoms with E-state index < -0.39 is 28.5 Å². The molecule has 3 aromatic carbocycles. The molecule has 8 nitrogen and oxygen atoms in total. The first-order valence-electron chi connectivity index (χ1n) is 13.8. The minimum Gasteiger partial charge on any atom is -0.495 e. The third-order valence-electron chi connectivity index (χ3n) is 7.09. The van der Waals surface area contributed by atoms with Crippen LogP contribution in [0.3, 0.4) is 0 Å². The van der Waals surface area contributed by atoms with Gasteiger partial charge in [-0.15, -0.1) is 0 Å². The number of sulfonamides is 1. The molecule has 0 saturated heterocycles. The number of hydrogen-bond acceptors (Lipinski definition) is 5. The molecule has 0 heterocycles. The number of nitrogens with one attached hydrogen (secondary N) is 1. The lowest BCUT2D eigenvalue weighted by Gasteiger charge is -2.33. The van der Waals surface area contributed by atoms with E-state index in [4.69, 9.17) is 4.74 Å². The summed E-state index contributed by atoms with van der Waals surface area (Å²) in [4.78, 5) is 28.8. The number of carbonyl (C=O) groups excluding carboxylic acids is 2. The summed E-state index contributed by atoms with van der Waals surface area (Å²) in [7, 11) is -2.74. The summed E-state index contributed by atoms with van der Waals surface area (Å²) in [5, 5.41) is 2.95. The molecule has 0 aromatic heterocycles. The smallest absolute Gasteiger partial charge is 0.264 e. The first kappa shape index (κ1) is 31.7. The highest BCUT2D eigenvalue weighted by molar-refractivity contribution is 7.92. The standard InChI is InChI=1S/C32H41N3O5S/c1-8-25(5)33-32(37)26(6)34(20-27-11-9-10-23(3)18-27)31(36)21-35(29-19-24(4)14-17-30(29)40-7)41(38,39)28-15-12-22(2)13-16-28/h9-19,25-26H,8,20-21H2,1-7H3,(H,33,37)/t25-,26+/m1/s1. The van der Waals surface area contributed by atoms with Crippen LogP contribution in [0.15, 0.2) is 71.6 Å². The third kappa shape index (κ3) is 7.88. The maximum absolute atomic E-state index is 14.1. The lowest BCUT2D eigenvalue weighted by Crippen LogP contribution is -2.52. The maximum Gasteiger partial charge on any atom is 0.264 e. The van der Waals surface area contributed by atoms with Gasteiger partial charge in [0.25, 0.3) is 10.0 Å². The summed E-state index contributed by atoms with van der Waals surface area (Å²) < 4.78 is 34.8. The SMILES string of the molecule is CC[C@@H](C)NC(=O)[C@H](C)N(Cc1cccc(C)c1)C(=O)CN(c1cc(C)ccc1OC)S(=O)(=O)c1ccc(C)cc1. The van der Waals surface area contributed by atoms with Crippen molar-refractivity contribution in [3.8, 4) is 5.75 Å². The highest BCUT2D eigenvalue weighted by Gasteiger charge is 2.34. The Morgan fingerprint density at radius 1 is 0.902 bits per heavy atom. The van der Waals surface area contributed by atoms with E-state index in [9.17, 15) is 18.0 Å². The summed E-state index contributed by atoms with van der Waals surface area (Å²) in [6.07, 6.45) is 0.736. The van der Waals surface area contributed by atoms with Crippen LogP contribution in [-0.2, 0) is 26.2 Å². The number of aryl methyl sites for hydroxylation is 3. The summed E-state index contributed by atoms with van der Waals surface area (Å²) in [5.41, 5.74) is 3.80. The van der Waals surface area contributed by atoms with Gasteiger partial charge in [0.1, 0.15) is 18.3 Å². The Morgan fingerprint density at radius 3 is 2.15 bits per heavy atom. The van der Waals surface area contributed by atoms with E-state index in [-0.39, 0.29) is 29.1 Å². The van der Waals surface area contributed by atoms with Gasteiger partial charge in [0.2, 0.25) is 11.8 Å². The number of methoxy groups -OCH3 is 1. The van der Waals surface area contributed by atoms with Crippen molar-refractivity contribution < 1.29 is 22.7 Å². The van der Waals surface area contributed by atoms with Crippen molar-refractivity contribution in [3.63, 3.8) is 0 Å². The van der Waals surface area contributed by atoms with Gasteiger partial charge in [-0.25, -0.2) is 8.42 Å². The number of benzene rings is 3. The van der Waals surface area contributed by atoms with Crippen molar-refractivity contribution in [2.24, 2.45) is 0 Å². The van der Waals surface area contributed by atoms with Gasteiger partial charge in [-0.2, -0.15) is 0 Å². The molecule has 220 valence electrons. The number of ether oxygens (including phenoxy) is 1. The molecule has 0 spiro atoms. The Kier molecular flexibility index (Phi) is 10.6. The van der Waals surface area contributed by atoms with Crippen molar-refractivity contribution in [2.45, 2.75) is 71.5 Å². The number of rotatable bonds is 12. The fraction of sp³-hybridized carbons (Fsp3) is 0.375. The number of anilines is 1. The van der Waals surface area contributed by atoms with Crippen LogP contribution in [-0.4, -0.2) is 50.9 Å². The van der Waals surface area contributed by atoms with Crippen LogP contribution < -0.4 is 14.4 Å². The van der Waals surface area contributed by atoms with E-state index in [1.807, 2.05) is 65.0 Å². The predicted molar refractivity (Wildman–Crippen MR) is 163 cm³/mol. The molecule has 0 saturated carbocycles. The summed E-state index contributed by atoms with van der Waals surface area (Å²) in [6, 6.07) is 18.4. The van der Waals surface area contributed by atoms with E-state index in [0.29, 0.717) is 5.75 Å². The van der Waals surface area contributed by atoms with Crippen molar-refractivity contribution in [3.05, 3.63) is 89.0 Å². The molecule has 0 fully saturated rings. The largest absolute Gasteiger partial charge is 0.495 e. The van der Waals surface area contributed by atoms with Gasteiger partial charge in [-0.1, -0.05) is 60.5 Å². The van der Waals surface area contributed by atoms with Crippen LogP contribution in [0.25, 0.3) is 0 Å². The van der Waals surface area contributed by atoms with Crippen molar-refractivity contribution in [1.29, 1.82) is 0 Å². The van der Waals surface area contributed by atoms with Crippen LogP contribution in [0, 0.1) is 20.8 Å². The molecule has 2 amide bonds. The van der Waals surface area contributed by atoms with E-state index in [1.165, 1.54) is 24.1 Å². The summed E-state index contributed by atoms with van der Waals surface area (Å²) >= 11 is 0. The van der Waals surface area contributed by atoms with E-state index in [2.05, 4.69) is 5.32 Å². The Balaban J connectivity index is 2.10. The molecular formula is C32H41N3O5S. The zero-order valence-electron chi connectivity index (χ0n) is 25.0. The van der Waals surface area contributed by atoms with Gasteiger partial charge >= 0.3 is 0 Å². The molecule has 0 aliphatic carbocycles. The van der Waals surface area contributed by atoms with Crippen LogP contribution in [0.4, 0.5) is 5.69 Å². The van der Waals surface area contributed by atoms with Gasteiger partial charge in [-0.05, 0) is 76.4 Å². The van der Waals surface area contributed by atoms with E-state index >= 15 is 0 Å². The molecule has 0 bridgehead atoms. The molecule has 9 heteroatoms. The highest BCUT2D eigenvalue weighted by Crippen LogP contribution is 2.34. The number of nitrogens with zero attached hydrogens (tertiary/aromatic N) is 2. The second kappa shape index (κ2) is 13.7. The Morgan fingerprint density at radius 2 is 1.54 bits per heavy atom. The molecular weight excluding hydrogens is 538 g/mol. The number of carbonyl (C=O) groups is 2. The molecule has 41 heavy (non-hydrogen) atoms. The molecule has 3 aromatic rings. The minimum absolute atomic E-state index is 0.0484. The second-order valence-electron chi connectivity index (χ2n) is 10.5.